The van der Waals surface area contributed by atoms with Crippen LogP contribution in [0.5, 0.6) is 0 Å². The van der Waals surface area contributed by atoms with E-state index in [1.165, 1.54) is 0 Å². The number of allylic oxidation sites excluding steroid dienone is 4. The van der Waals surface area contributed by atoms with Crippen LogP contribution in [0.3, 0.4) is 0 Å². The molecule has 0 radical (unpaired) electrons. The van der Waals surface area contributed by atoms with E-state index in [1.807, 2.05) is 36.4 Å². The minimum absolute atomic E-state index is 0.480. The molecule has 1 aliphatic carbocycles. The average molecular weight is 824 g/mol. The van der Waals surface area contributed by atoms with Crippen molar-refractivity contribution in [1.29, 1.82) is 0 Å². The zero-order valence-corrected chi connectivity index (χ0v) is 34.7. The second-order valence-corrected chi connectivity index (χ2v) is 16.9. The molecule has 0 bridgehead atoms. The maximum atomic E-state index is 6.40. The SMILES string of the molecule is CC1C=C(c2ccc3c(n2)oc2ccc(-c4cc(-c5ccc6oc7nc(-c8ccccc8)ccc7c6c5)cc(-c5ccc6oc7nc(-c8ccccc8)ccc7c6c5)c4)cc23)C=CC1. The van der Waals surface area contributed by atoms with Crippen LogP contribution < -0.4 is 0 Å². The number of nitrogens with zero attached hydrogens (tertiary/aromatic N) is 3. The summed E-state index contributed by atoms with van der Waals surface area (Å²) in [6, 6.07) is 59.2. The van der Waals surface area contributed by atoms with Gasteiger partial charge in [-0.05, 0) is 142 Å². The number of hydrogen-bond donors (Lipinski definition) is 0. The highest BCUT2D eigenvalue weighted by atomic mass is 16.3. The first-order valence-electron chi connectivity index (χ1n) is 21.7. The molecule has 6 heteroatoms. The van der Waals surface area contributed by atoms with Gasteiger partial charge in [0.25, 0.3) is 0 Å². The molecule has 64 heavy (non-hydrogen) atoms. The number of aromatic nitrogens is 3. The Balaban J connectivity index is 0.953. The van der Waals surface area contributed by atoms with Crippen molar-refractivity contribution >= 4 is 71.8 Å². The lowest BCUT2D eigenvalue weighted by Gasteiger charge is -2.12. The molecule has 6 nitrogen and oxygen atoms in total. The summed E-state index contributed by atoms with van der Waals surface area (Å²) in [7, 11) is 0. The minimum Gasteiger partial charge on any atom is -0.438 e. The normalized spacial score (nSPS) is 14.1. The molecule has 6 aromatic heterocycles. The molecule has 1 atom stereocenters. The Labute approximate surface area is 367 Å². The first-order valence-corrected chi connectivity index (χ1v) is 21.7. The van der Waals surface area contributed by atoms with Gasteiger partial charge in [0.05, 0.1) is 17.1 Å². The third-order valence-corrected chi connectivity index (χ3v) is 12.6. The van der Waals surface area contributed by atoms with E-state index >= 15 is 0 Å². The summed E-state index contributed by atoms with van der Waals surface area (Å²) >= 11 is 0. The van der Waals surface area contributed by atoms with Crippen LogP contribution in [0.1, 0.15) is 19.0 Å². The molecule has 0 N–H and O–H groups in total. The zero-order chi connectivity index (χ0) is 42.3. The fraction of sp³-hybridized carbons (Fsp3) is 0.0517. The molecule has 1 unspecified atom stereocenters. The van der Waals surface area contributed by atoms with Crippen LogP contribution in [0.4, 0.5) is 0 Å². The first-order chi connectivity index (χ1) is 31.5. The summed E-state index contributed by atoms with van der Waals surface area (Å²) in [5, 5.41) is 6.03. The van der Waals surface area contributed by atoms with Crippen molar-refractivity contribution in [2.75, 3.05) is 0 Å². The molecule has 0 amide bonds. The number of pyridine rings is 3. The Bertz CT molecular complexity index is 3720. The maximum Gasteiger partial charge on any atom is 0.227 e. The summed E-state index contributed by atoms with van der Waals surface area (Å²) in [5.74, 6) is 0.480. The molecular formula is C58H37N3O3. The van der Waals surface area contributed by atoms with Gasteiger partial charge in [0.2, 0.25) is 17.1 Å². The molecule has 0 spiro atoms. The molecule has 1 aliphatic rings. The van der Waals surface area contributed by atoms with Crippen molar-refractivity contribution in [3.63, 3.8) is 0 Å². The standard InChI is InChI=1S/C58H37N3O3/c1-34-9-8-14-40(27-34)52-23-20-46-49-33-39(17-26-55(49)64-58(46)61-52)43-29-41(37-15-24-53-47(31-37)44-18-21-50(59-56(44)62-53)35-10-4-2-5-11-35)28-42(30-43)38-16-25-54-48(32-38)45-19-22-51(60-57(45)63-54)36-12-6-3-7-13-36/h2-8,10-34H,9H2,1H3. The fourth-order valence-corrected chi connectivity index (χ4v) is 9.35. The van der Waals surface area contributed by atoms with Crippen LogP contribution in [-0.4, -0.2) is 15.0 Å². The second kappa shape index (κ2) is 14.4. The molecule has 6 heterocycles. The van der Waals surface area contributed by atoms with Crippen molar-refractivity contribution < 1.29 is 13.3 Å². The van der Waals surface area contributed by atoms with E-state index in [0.29, 0.717) is 23.1 Å². The summed E-state index contributed by atoms with van der Waals surface area (Å²) in [4.78, 5) is 14.9. The minimum atomic E-state index is 0.480. The highest BCUT2D eigenvalue weighted by Crippen LogP contribution is 2.41. The van der Waals surface area contributed by atoms with Gasteiger partial charge in [0, 0.05) is 43.4 Å². The maximum absolute atomic E-state index is 6.40. The molecule has 6 aromatic carbocycles. The third kappa shape index (κ3) is 6.14. The van der Waals surface area contributed by atoms with Gasteiger partial charge in [0.1, 0.15) is 16.7 Å². The highest BCUT2D eigenvalue weighted by Gasteiger charge is 2.18. The smallest absolute Gasteiger partial charge is 0.227 e. The van der Waals surface area contributed by atoms with E-state index < -0.39 is 0 Å². The number of furan rings is 3. The lowest BCUT2D eigenvalue weighted by Crippen LogP contribution is -1.96. The molecule has 0 saturated carbocycles. The van der Waals surface area contributed by atoms with E-state index in [-0.39, 0.29) is 0 Å². The van der Waals surface area contributed by atoms with Gasteiger partial charge in [0.15, 0.2) is 0 Å². The van der Waals surface area contributed by atoms with Gasteiger partial charge in [-0.15, -0.1) is 0 Å². The van der Waals surface area contributed by atoms with Crippen LogP contribution in [0.2, 0.25) is 0 Å². The molecule has 12 aromatic rings. The molecule has 13 rings (SSSR count). The molecule has 302 valence electrons. The Kier molecular flexibility index (Phi) is 8.15. The Morgan fingerprint density at radius 2 is 0.781 bits per heavy atom. The van der Waals surface area contributed by atoms with Crippen molar-refractivity contribution in [1.82, 2.24) is 15.0 Å². The number of rotatable bonds is 6. The number of hydrogen-bond acceptors (Lipinski definition) is 6. The lowest BCUT2D eigenvalue weighted by atomic mass is 9.92. The summed E-state index contributed by atoms with van der Waals surface area (Å²) in [6.07, 6.45) is 7.72. The van der Waals surface area contributed by atoms with E-state index in [1.54, 1.807) is 0 Å². The summed E-state index contributed by atoms with van der Waals surface area (Å²) in [5.41, 5.74) is 16.7. The van der Waals surface area contributed by atoms with Crippen molar-refractivity contribution in [2.45, 2.75) is 13.3 Å². The molecule has 0 saturated heterocycles. The third-order valence-electron chi connectivity index (χ3n) is 12.6. The molecule has 0 fully saturated rings. The number of fused-ring (bicyclic) bond motifs is 9. The van der Waals surface area contributed by atoms with E-state index in [9.17, 15) is 0 Å². The highest BCUT2D eigenvalue weighted by molar-refractivity contribution is 6.08. The molecular weight excluding hydrogens is 787 g/mol. The predicted octanol–water partition coefficient (Wildman–Crippen LogP) is 15.9. The van der Waals surface area contributed by atoms with E-state index in [0.717, 1.165) is 123 Å². The van der Waals surface area contributed by atoms with E-state index in [4.69, 9.17) is 28.2 Å². The van der Waals surface area contributed by atoms with Crippen LogP contribution in [0.25, 0.3) is 128 Å². The second-order valence-electron chi connectivity index (χ2n) is 16.9. The van der Waals surface area contributed by atoms with Crippen LogP contribution in [0.15, 0.2) is 201 Å². The Morgan fingerprint density at radius 1 is 0.375 bits per heavy atom. The van der Waals surface area contributed by atoms with Gasteiger partial charge in [-0.2, -0.15) is 0 Å². The quantitative estimate of drug-likeness (QED) is 0.166. The van der Waals surface area contributed by atoms with Crippen molar-refractivity contribution in [3.8, 4) is 55.9 Å². The average Bonchev–Trinajstić information content (AvgIpc) is 4.04. The van der Waals surface area contributed by atoms with Gasteiger partial charge >= 0.3 is 0 Å². The number of benzene rings is 6. The fourth-order valence-electron chi connectivity index (χ4n) is 9.35. The summed E-state index contributed by atoms with van der Waals surface area (Å²) in [6.45, 7) is 2.23. The topological polar surface area (TPSA) is 78.1 Å². The van der Waals surface area contributed by atoms with E-state index in [2.05, 4.69) is 159 Å². The van der Waals surface area contributed by atoms with Crippen LogP contribution in [-0.2, 0) is 0 Å². The Morgan fingerprint density at radius 3 is 1.20 bits per heavy atom. The van der Waals surface area contributed by atoms with Gasteiger partial charge in [-0.25, -0.2) is 15.0 Å². The lowest BCUT2D eigenvalue weighted by molar-refractivity contribution is 0.653. The Hall–Kier alpha value is -8.35. The largest absolute Gasteiger partial charge is 0.438 e. The molecule has 0 aliphatic heterocycles. The van der Waals surface area contributed by atoms with Crippen LogP contribution in [0, 0.1) is 5.92 Å². The first kappa shape index (κ1) is 36.3. The predicted molar refractivity (Wildman–Crippen MR) is 260 cm³/mol. The zero-order valence-electron chi connectivity index (χ0n) is 34.7. The van der Waals surface area contributed by atoms with Crippen LogP contribution >= 0.6 is 0 Å². The van der Waals surface area contributed by atoms with Gasteiger partial charge in [-0.1, -0.05) is 104 Å². The monoisotopic (exact) mass is 823 g/mol. The summed E-state index contributed by atoms with van der Waals surface area (Å²) < 4.78 is 19.1. The van der Waals surface area contributed by atoms with Gasteiger partial charge < -0.3 is 13.3 Å². The van der Waals surface area contributed by atoms with Crippen molar-refractivity contribution in [2.24, 2.45) is 5.92 Å². The van der Waals surface area contributed by atoms with Gasteiger partial charge in [-0.3, -0.25) is 0 Å². The van der Waals surface area contributed by atoms with Crippen molar-refractivity contribution in [3.05, 3.63) is 194 Å².